The molecule has 0 unspecified atom stereocenters. The first-order valence-electron chi connectivity index (χ1n) is 6.15. The Morgan fingerprint density at radius 2 is 1.89 bits per heavy atom. The van der Waals surface area contributed by atoms with Crippen LogP contribution in [0.4, 0.5) is 5.82 Å². The van der Waals surface area contributed by atoms with Crippen molar-refractivity contribution in [3.8, 4) is 0 Å². The zero-order chi connectivity index (χ0) is 14.0. The molecule has 0 fully saturated rings. The standard InChI is InChI=1S/C12H18N6S/c1-6-13-10-7(2)11(15-8(3)14-10)19-12-17-16-9(4)18(12)5/h6H2,1-5H3,(H,13,14,15). The van der Waals surface area contributed by atoms with Gasteiger partial charge in [-0.15, -0.1) is 10.2 Å². The third kappa shape index (κ3) is 2.86. The number of hydrogen-bond acceptors (Lipinski definition) is 6. The lowest BCUT2D eigenvalue weighted by molar-refractivity contribution is 0.763. The van der Waals surface area contributed by atoms with E-state index >= 15 is 0 Å². The molecular weight excluding hydrogens is 260 g/mol. The first kappa shape index (κ1) is 13.8. The van der Waals surface area contributed by atoms with Crippen molar-refractivity contribution in [3.63, 3.8) is 0 Å². The van der Waals surface area contributed by atoms with Gasteiger partial charge in [0.1, 0.15) is 22.5 Å². The highest BCUT2D eigenvalue weighted by molar-refractivity contribution is 7.99. The number of hydrogen-bond donors (Lipinski definition) is 1. The number of rotatable bonds is 4. The molecule has 0 aromatic carbocycles. The fraction of sp³-hybridized carbons (Fsp3) is 0.500. The van der Waals surface area contributed by atoms with Crippen LogP contribution in [0.1, 0.15) is 24.1 Å². The average Bonchev–Trinajstić information content (AvgIpc) is 2.67. The molecule has 2 aromatic heterocycles. The van der Waals surface area contributed by atoms with E-state index in [0.717, 1.165) is 39.8 Å². The first-order valence-corrected chi connectivity index (χ1v) is 6.97. The summed E-state index contributed by atoms with van der Waals surface area (Å²) in [6.45, 7) is 8.73. The highest BCUT2D eigenvalue weighted by atomic mass is 32.2. The Bertz CT molecular complexity index is 592. The molecule has 0 saturated carbocycles. The second-order valence-electron chi connectivity index (χ2n) is 4.27. The van der Waals surface area contributed by atoms with Crippen LogP contribution in [0, 0.1) is 20.8 Å². The molecule has 102 valence electrons. The van der Waals surface area contributed by atoms with Crippen molar-refractivity contribution < 1.29 is 0 Å². The summed E-state index contributed by atoms with van der Waals surface area (Å²) >= 11 is 1.51. The molecule has 0 saturated heterocycles. The van der Waals surface area contributed by atoms with Gasteiger partial charge in [-0.2, -0.15) is 0 Å². The average molecular weight is 278 g/mol. The highest BCUT2D eigenvalue weighted by Crippen LogP contribution is 2.30. The van der Waals surface area contributed by atoms with Gasteiger partial charge in [0.25, 0.3) is 0 Å². The van der Waals surface area contributed by atoms with Crippen LogP contribution in [0.2, 0.25) is 0 Å². The Morgan fingerprint density at radius 3 is 2.47 bits per heavy atom. The van der Waals surface area contributed by atoms with Crippen molar-refractivity contribution in [2.24, 2.45) is 7.05 Å². The van der Waals surface area contributed by atoms with E-state index < -0.39 is 0 Å². The quantitative estimate of drug-likeness (QED) is 0.864. The van der Waals surface area contributed by atoms with Crippen LogP contribution in [-0.2, 0) is 7.05 Å². The molecular formula is C12H18N6S. The maximum absolute atomic E-state index is 4.49. The summed E-state index contributed by atoms with van der Waals surface area (Å²) in [6, 6.07) is 0. The van der Waals surface area contributed by atoms with E-state index in [4.69, 9.17) is 0 Å². The fourth-order valence-electron chi connectivity index (χ4n) is 1.60. The topological polar surface area (TPSA) is 68.5 Å². The number of aryl methyl sites for hydroxylation is 2. The molecule has 2 rings (SSSR count). The normalized spacial score (nSPS) is 10.8. The van der Waals surface area contributed by atoms with Crippen LogP contribution in [0.15, 0.2) is 10.2 Å². The van der Waals surface area contributed by atoms with Crippen LogP contribution in [-0.4, -0.2) is 31.3 Å². The van der Waals surface area contributed by atoms with Gasteiger partial charge < -0.3 is 9.88 Å². The molecule has 0 aliphatic carbocycles. The highest BCUT2D eigenvalue weighted by Gasteiger charge is 2.13. The smallest absolute Gasteiger partial charge is 0.197 e. The van der Waals surface area contributed by atoms with Crippen LogP contribution in [0.3, 0.4) is 0 Å². The monoisotopic (exact) mass is 278 g/mol. The molecule has 0 amide bonds. The largest absolute Gasteiger partial charge is 0.370 e. The summed E-state index contributed by atoms with van der Waals surface area (Å²) < 4.78 is 1.95. The zero-order valence-electron chi connectivity index (χ0n) is 11.9. The lowest BCUT2D eigenvalue weighted by Crippen LogP contribution is -2.06. The summed E-state index contributed by atoms with van der Waals surface area (Å²) in [6.07, 6.45) is 0. The molecule has 2 aromatic rings. The zero-order valence-corrected chi connectivity index (χ0v) is 12.7. The van der Waals surface area contributed by atoms with Gasteiger partial charge in [-0.1, -0.05) is 0 Å². The van der Waals surface area contributed by atoms with Gasteiger partial charge >= 0.3 is 0 Å². The van der Waals surface area contributed by atoms with Crippen LogP contribution >= 0.6 is 11.8 Å². The van der Waals surface area contributed by atoms with Gasteiger partial charge in [-0.05, 0) is 39.5 Å². The number of aromatic nitrogens is 5. The van der Waals surface area contributed by atoms with E-state index in [1.165, 1.54) is 11.8 Å². The van der Waals surface area contributed by atoms with Gasteiger partial charge in [0.15, 0.2) is 5.16 Å². The molecule has 19 heavy (non-hydrogen) atoms. The minimum absolute atomic E-state index is 0.753. The predicted octanol–water partition coefficient (Wildman–Crippen LogP) is 2.11. The van der Waals surface area contributed by atoms with Gasteiger partial charge in [0, 0.05) is 19.2 Å². The van der Waals surface area contributed by atoms with E-state index in [0.29, 0.717) is 0 Å². The molecule has 0 radical (unpaired) electrons. The second-order valence-corrected chi connectivity index (χ2v) is 5.23. The van der Waals surface area contributed by atoms with E-state index in [2.05, 4.69) is 32.4 Å². The fourth-order valence-corrected chi connectivity index (χ4v) is 2.56. The Kier molecular flexibility index (Phi) is 4.04. The Morgan fingerprint density at radius 1 is 1.16 bits per heavy atom. The van der Waals surface area contributed by atoms with Crippen molar-refractivity contribution in [3.05, 3.63) is 17.2 Å². The SMILES string of the molecule is CCNc1nc(C)nc(Sc2nnc(C)n2C)c1C. The lowest BCUT2D eigenvalue weighted by Gasteiger charge is -2.11. The Balaban J connectivity index is 2.37. The number of anilines is 1. The van der Waals surface area contributed by atoms with E-state index in [1.807, 2.05) is 32.4 Å². The van der Waals surface area contributed by atoms with Crippen molar-refractivity contribution in [2.45, 2.75) is 37.9 Å². The van der Waals surface area contributed by atoms with Crippen LogP contribution in [0.5, 0.6) is 0 Å². The van der Waals surface area contributed by atoms with Crippen LogP contribution in [0.25, 0.3) is 0 Å². The van der Waals surface area contributed by atoms with Crippen molar-refractivity contribution in [2.75, 3.05) is 11.9 Å². The van der Waals surface area contributed by atoms with Gasteiger partial charge in [0.2, 0.25) is 0 Å². The molecule has 6 nitrogen and oxygen atoms in total. The van der Waals surface area contributed by atoms with E-state index in [-0.39, 0.29) is 0 Å². The van der Waals surface area contributed by atoms with Gasteiger partial charge in [-0.25, -0.2) is 9.97 Å². The van der Waals surface area contributed by atoms with E-state index in [1.54, 1.807) is 0 Å². The molecule has 0 bridgehead atoms. The second kappa shape index (κ2) is 5.56. The maximum atomic E-state index is 4.49. The molecule has 0 aliphatic rings. The van der Waals surface area contributed by atoms with Crippen molar-refractivity contribution in [1.29, 1.82) is 0 Å². The van der Waals surface area contributed by atoms with Gasteiger partial charge in [0.05, 0.1) is 0 Å². The summed E-state index contributed by atoms with van der Waals surface area (Å²) in [7, 11) is 1.95. The molecule has 0 aliphatic heterocycles. The first-order chi connectivity index (χ1) is 9.02. The predicted molar refractivity (Wildman–Crippen MR) is 75.5 cm³/mol. The van der Waals surface area contributed by atoms with E-state index in [9.17, 15) is 0 Å². The Labute approximate surface area is 117 Å². The molecule has 1 N–H and O–H groups in total. The number of nitrogens with one attached hydrogen (secondary N) is 1. The van der Waals surface area contributed by atoms with Crippen molar-refractivity contribution in [1.82, 2.24) is 24.7 Å². The molecule has 7 heteroatoms. The maximum Gasteiger partial charge on any atom is 0.197 e. The lowest BCUT2D eigenvalue weighted by atomic mass is 10.3. The molecule has 0 spiro atoms. The minimum atomic E-state index is 0.753. The third-order valence-electron chi connectivity index (χ3n) is 2.80. The Hall–Kier alpha value is -1.63. The third-order valence-corrected chi connectivity index (χ3v) is 3.93. The number of nitrogens with zero attached hydrogens (tertiary/aromatic N) is 5. The summed E-state index contributed by atoms with van der Waals surface area (Å²) in [5.41, 5.74) is 1.04. The van der Waals surface area contributed by atoms with Crippen molar-refractivity contribution >= 4 is 17.6 Å². The van der Waals surface area contributed by atoms with Crippen LogP contribution < -0.4 is 5.32 Å². The summed E-state index contributed by atoms with van der Waals surface area (Å²) in [5, 5.41) is 13.2. The summed E-state index contributed by atoms with van der Waals surface area (Å²) in [4.78, 5) is 8.91. The molecule has 2 heterocycles. The summed E-state index contributed by atoms with van der Waals surface area (Å²) in [5.74, 6) is 2.53. The van der Waals surface area contributed by atoms with Gasteiger partial charge in [-0.3, -0.25) is 0 Å². The minimum Gasteiger partial charge on any atom is -0.370 e. The molecule has 0 atom stereocenters.